The standard InChI is InChI=1S/C20H22N2O3S/c1-14(24)16-8-5-9-17(10-16)21-20(25)22-18(11-23)12-26-13-19(22)15-6-3-2-4-7-15/h2-10,18-19,23H,11-13H2,1H3,(H,21,25). The first-order valence-electron chi connectivity index (χ1n) is 8.54. The van der Waals surface area contributed by atoms with E-state index >= 15 is 0 Å². The van der Waals surface area contributed by atoms with Crippen molar-refractivity contribution in [2.45, 2.75) is 19.0 Å². The van der Waals surface area contributed by atoms with Gasteiger partial charge in [-0.3, -0.25) is 4.79 Å². The molecule has 0 radical (unpaired) electrons. The van der Waals surface area contributed by atoms with Gasteiger partial charge in [-0.15, -0.1) is 0 Å². The maximum atomic E-state index is 13.0. The van der Waals surface area contributed by atoms with Crippen LogP contribution in [0.15, 0.2) is 54.6 Å². The minimum atomic E-state index is -0.265. The van der Waals surface area contributed by atoms with Gasteiger partial charge in [0, 0.05) is 22.8 Å². The van der Waals surface area contributed by atoms with Crippen molar-refractivity contribution < 1.29 is 14.7 Å². The molecule has 3 rings (SSSR count). The molecule has 0 aliphatic carbocycles. The minimum absolute atomic E-state index is 0.0501. The molecule has 0 spiro atoms. The number of anilines is 1. The first kappa shape index (κ1) is 18.5. The maximum absolute atomic E-state index is 13.0. The predicted molar refractivity (Wildman–Crippen MR) is 105 cm³/mol. The Bertz CT molecular complexity index is 782. The lowest BCUT2D eigenvalue weighted by molar-refractivity contribution is 0.101. The van der Waals surface area contributed by atoms with Crippen LogP contribution in [-0.2, 0) is 0 Å². The van der Waals surface area contributed by atoms with E-state index in [1.807, 2.05) is 30.3 Å². The van der Waals surface area contributed by atoms with Crippen LogP contribution in [0.3, 0.4) is 0 Å². The number of ketones is 1. The zero-order valence-corrected chi connectivity index (χ0v) is 15.4. The number of aliphatic hydroxyl groups excluding tert-OH is 1. The Morgan fingerprint density at radius 3 is 2.62 bits per heavy atom. The molecule has 5 nitrogen and oxygen atoms in total. The highest BCUT2D eigenvalue weighted by Crippen LogP contribution is 2.33. The summed E-state index contributed by atoms with van der Waals surface area (Å²) >= 11 is 1.74. The highest BCUT2D eigenvalue weighted by molar-refractivity contribution is 7.99. The monoisotopic (exact) mass is 370 g/mol. The van der Waals surface area contributed by atoms with Crippen LogP contribution in [0.1, 0.15) is 28.9 Å². The van der Waals surface area contributed by atoms with Crippen LogP contribution in [-0.4, -0.2) is 46.0 Å². The van der Waals surface area contributed by atoms with Crippen molar-refractivity contribution in [3.63, 3.8) is 0 Å². The van der Waals surface area contributed by atoms with Crippen LogP contribution in [0.25, 0.3) is 0 Å². The molecule has 6 heteroatoms. The van der Waals surface area contributed by atoms with E-state index in [1.54, 1.807) is 40.9 Å². The van der Waals surface area contributed by atoms with Gasteiger partial charge in [-0.1, -0.05) is 42.5 Å². The van der Waals surface area contributed by atoms with Gasteiger partial charge in [-0.05, 0) is 24.6 Å². The van der Waals surface area contributed by atoms with Crippen LogP contribution in [0.4, 0.5) is 10.5 Å². The van der Waals surface area contributed by atoms with Gasteiger partial charge in [-0.2, -0.15) is 11.8 Å². The summed E-state index contributed by atoms with van der Waals surface area (Å²) in [5, 5.41) is 12.7. The van der Waals surface area contributed by atoms with Gasteiger partial charge in [-0.25, -0.2) is 4.79 Å². The number of hydrogen-bond acceptors (Lipinski definition) is 4. The Morgan fingerprint density at radius 1 is 1.15 bits per heavy atom. The average molecular weight is 370 g/mol. The quantitative estimate of drug-likeness (QED) is 0.807. The van der Waals surface area contributed by atoms with Crippen molar-refractivity contribution in [1.82, 2.24) is 4.90 Å². The number of urea groups is 1. The highest BCUT2D eigenvalue weighted by Gasteiger charge is 2.35. The van der Waals surface area contributed by atoms with Crippen LogP contribution >= 0.6 is 11.8 Å². The van der Waals surface area contributed by atoms with E-state index in [2.05, 4.69) is 5.32 Å². The summed E-state index contributed by atoms with van der Waals surface area (Å²) in [7, 11) is 0. The van der Waals surface area contributed by atoms with Crippen molar-refractivity contribution in [3.05, 3.63) is 65.7 Å². The third-order valence-electron chi connectivity index (χ3n) is 4.47. The first-order chi connectivity index (χ1) is 12.6. The molecule has 0 saturated carbocycles. The van der Waals surface area contributed by atoms with E-state index < -0.39 is 0 Å². The Morgan fingerprint density at radius 2 is 1.92 bits per heavy atom. The largest absolute Gasteiger partial charge is 0.394 e. The molecule has 1 aliphatic rings. The van der Waals surface area contributed by atoms with E-state index in [-0.39, 0.29) is 30.5 Å². The SMILES string of the molecule is CC(=O)c1cccc(NC(=O)N2C(CO)CSCC2c2ccccc2)c1. The van der Waals surface area contributed by atoms with Crippen molar-refractivity contribution in [2.24, 2.45) is 0 Å². The second-order valence-electron chi connectivity index (χ2n) is 6.27. The molecule has 2 amide bonds. The summed E-state index contributed by atoms with van der Waals surface area (Å²) in [5.74, 6) is 1.42. The fourth-order valence-corrected chi connectivity index (χ4v) is 4.37. The van der Waals surface area contributed by atoms with Crippen LogP contribution in [0.2, 0.25) is 0 Å². The molecule has 2 aromatic carbocycles. The molecule has 136 valence electrons. The number of rotatable bonds is 4. The number of carbonyl (C=O) groups excluding carboxylic acids is 2. The highest BCUT2D eigenvalue weighted by atomic mass is 32.2. The molecule has 0 bridgehead atoms. The molecular weight excluding hydrogens is 348 g/mol. The van der Waals surface area contributed by atoms with Crippen molar-refractivity contribution >= 4 is 29.3 Å². The van der Waals surface area contributed by atoms with Gasteiger partial charge in [0.2, 0.25) is 0 Å². The number of thioether (sulfide) groups is 1. The molecule has 1 heterocycles. The Balaban J connectivity index is 1.85. The Labute approximate surface area is 157 Å². The summed E-state index contributed by atoms with van der Waals surface area (Å²) in [6.07, 6.45) is 0. The normalized spacial score (nSPS) is 19.8. The molecule has 1 saturated heterocycles. The second-order valence-corrected chi connectivity index (χ2v) is 7.35. The number of hydrogen-bond donors (Lipinski definition) is 2. The van der Waals surface area contributed by atoms with Gasteiger partial charge in [0.15, 0.2) is 5.78 Å². The van der Waals surface area contributed by atoms with E-state index in [9.17, 15) is 14.7 Å². The third kappa shape index (κ3) is 4.08. The fraction of sp³-hybridized carbons (Fsp3) is 0.300. The second kappa shape index (κ2) is 8.38. The molecule has 1 fully saturated rings. The minimum Gasteiger partial charge on any atom is -0.394 e. The van der Waals surface area contributed by atoms with Crippen LogP contribution in [0, 0.1) is 0 Å². The maximum Gasteiger partial charge on any atom is 0.322 e. The molecule has 2 atom stereocenters. The zero-order valence-electron chi connectivity index (χ0n) is 14.6. The van der Waals surface area contributed by atoms with Gasteiger partial charge < -0.3 is 15.3 Å². The average Bonchev–Trinajstić information content (AvgIpc) is 2.68. The van der Waals surface area contributed by atoms with Crippen molar-refractivity contribution in [1.29, 1.82) is 0 Å². The van der Waals surface area contributed by atoms with Crippen LogP contribution in [0.5, 0.6) is 0 Å². The van der Waals surface area contributed by atoms with Crippen molar-refractivity contribution in [2.75, 3.05) is 23.4 Å². The van der Waals surface area contributed by atoms with Crippen molar-refractivity contribution in [3.8, 4) is 0 Å². The summed E-state index contributed by atoms with van der Waals surface area (Å²) in [6.45, 7) is 1.41. The van der Waals surface area contributed by atoms with Gasteiger partial charge in [0.05, 0.1) is 18.7 Å². The first-order valence-corrected chi connectivity index (χ1v) is 9.69. The van der Waals surface area contributed by atoms with E-state index in [1.165, 1.54) is 6.92 Å². The molecule has 0 aromatic heterocycles. The molecule has 2 aromatic rings. The Hall–Kier alpha value is -2.31. The number of aliphatic hydroxyl groups is 1. The molecule has 26 heavy (non-hydrogen) atoms. The smallest absolute Gasteiger partial charge is 0.322 e. The number of amides is 2. The number of Topliss-reactive ketones (excluding diaryl/α,β-unsaturated/α-hetero) is 1. The van der Waals surface area contributed by atoms with E-state index in [0.29, 0.717) is 17.0 Å². The zero-order chi connectivity index (χ0) is 18.5. The van der Waals surface area contributed by atoms with E-state index in [0.717, 1.165) is 11.3 Å². The Kier molecular flexibility index (Phi) is 5.96. The van der Waals surface area contributed by atoms with E-state index in [4.69, 9.17) is 0 Å². The van der Waals surface area contributed by atoms with Gasteiger partial charge >= 0.3 is 6.03 Å². The number of nitrogens with zero attached hydrogens (tertiary/aromatic N) is 1. The number of nitrogens with one attached hydrogen (secondary N) is 1. The van der Waals surface area contributed by atoms with Gasteiger partial charge in [0.25, 0.3) is 0 Å². The summed E-state index contributed by atoms with van der Waals surface area (Å²) < 4.78 is 0. The lowest BCUT2D eigenvalue weighted by Gasteiger charge is -2.41. The molecule has 2 unspecified atom stereocenters. The topological polar surface area (TPSA) is 69.6 Å². The van der Waals surface area contributed by atoms with Crippen LogP contribution < -0.4 is 5.32 Å². The lowest BCUT2D eigenvalue weighted by atomic mass is 10.1. The lowest BCUT2D eigenvalue weighted by Crippen LogP contribution is -2.51. The van der Waals surface area contributed by atoms with Gasteiger partial charge in [0.1, 0.15) is 0 Å². The molecule has 1 aliphatic heterocycles. The molecule has 2 N–H and O–H groups in total. The molecular formula is C20H22N2O3S. The third-order valence-corrected chi connectivity index (χ3v) is 5.64. The summed E-state index contributed by atoms with van der Waals surface area (Å²) in [6, 6.07) is 16.1. The number of carbonyl (C=O) groups is 2. The fourth-order valence-electron chi connectivity index (χ4n) is 3.11. The predicted octanol–water partition coefficient (Wildman–Crippen LogP) is 3.57. The summed E-state index contributed by atoms with van der Waals surface area (Å²) in [5.41, 5.74) is 2.17. The summed E-state index contributed by atoms with van der Waals surface area (Å²) in [4.78, 5) is 26.3. The number of benzene rings is 2.